The zero-order chi connectivity index (χ0) is 9.07. The average molecular weight is 192 g/mol. The fourth-order valence-corrected chi connectivity index (χ4v) is 0.618. The van der Waals surface area contributed by atoms with Crippen LogP contribution in [0.1, 0.15) is 6.42 Å². The maximum atomic E-state index is 10.2. The van der Waals surface area contributed by atoms with Crippen molar-refractivity contribution < 1.29 is 33.6 Å². The first-order valence-electron chi connectivity index (χ1n) is 2.31. The third kappa shape index (κ3) is 9.69. The number of aliphatic carboxylic acids is 1. The molecule has 0 amide bonds. The molecule has 0 rings (SSSR count). The van der Waals surface area contributed by atoms with Crippen molar-refractivity contribution in [3.05, 3.63) is 0 Å². The summed E-state index contributed by atoms with van der Waals surface area (Å²) >= 11 is 0. The van der Waals surface area contributed by atoms with Crippen LogP contribution in [0.3, 0.4) is 0 Å². The van der Waals surface area contributed by atoms with E-state index in [0.29, 0.717) is 0 Å². The molecule has 0 heterocycles. The maximum absolute atomic E-state index is 10.2. The van der Waals surface area contributed by atoms with Crippen molar-refractivity contribution in [2.75, 3.05) is 0 Å². The van der Waals surface area contributed by atoms with Crippen molar-refractivity contribution in [2.45, 2.75) is 6.42 Å². The number of phosphoric ester groups is 1. The molecule has 0 radical (unpaired) electrons. The van der Waals surface area contributed by atoms with Gasteiger partial charge in [-0.15, -0.1) is 0 Å². The van der Waals surface area contributed by atoms with Crippen LogP contribution in [-0.4, -0.2) is 45.7 Å². The van der Waals surface area contributed by atoms with E-state index in [1.807, 2.05) is 0 Å². The van der Waals surface area contributed by atoms with Gasteiger partial charge in [-0.1, -0.05) is 0 Å². The molecule has 9 heteroatoms. The molecule has 0 saturated heterocycles. The molecular weight excluding hydrogens is 186 g/mol. The third-order valence-electron chi connectivity index (χ3n) is 0.516. The Kier molecular flexibility index (Phi) is 6.35. The van der Waals surface area contributed by atoms with Gasteiger partial charge in [0.25, 0.3) is 0 Å². The first kappa shape index (κ1) is 14.2. The van der Waals surface area contributed by atoms with Crippen LogP contribution in [0, 0.1) is 0 Å². The Hall–Kier alpha value is -0.313. The van der Waals surface area contributed by atoms with Gasteiger partial charge in [0, 0.05) is 0 Å². The SMILES string of the molecule is O=C(O)CC(=O)OP(=O)(O)O.[LiH]. The number of hydrogen-bond acceptors (Lipinski definition) is 4. The van der Waals surface area contributed by atoms with Crippen LogP contribution in [0.2, 0.25) is 0 Å². The van der Waals surface area contributed by atoms with E-state index in [-0.39, 0.29) is 18.9 Å². The molecule has 0 fully saturated rings. The molecule has 12 heavy (non-hydrogen) atoms. The zero-order valence-electron chi connectivity index (χ0n) is 5.13. The molecular formula is C3H6LiO7P. The first-order valence-corrected chi connectivity index (χ1v) is 3.84. The molecule has 0 aromatic rings. The Morgan fingerprint density at radius 2 is 1.75 bits per heavy atom. The number of carboxylic acids is 1. The molecule has 0 aliphatic heterocycles. The molecule has 0 unspecified atom stereocenters. The van der Waals surface area contributed by atoms with Gasteiger partial charge in [0.05, 0.1) is 0 Å². The summed E-state index contributed by atoms with van der Waals surface area (Å²) < 4.78 is 13.3. The quantitative estimate of drug-likeness (QED) is 0.281. The minimum atomic E-state index is -4.89. The van der Waals surface area contributed by atoms with Crippen LogP contribution < -0.4 is 0 Å². The topological polar surface area (TPSA) is 121 Å². The number of phosphoric acid groups is 1. The molecule has 0 aromatic heterocycles. The second-order valence-electron chi connectivity index (χ2n) is 1.52. The average Bonchev–Trinajstić information content (AvgIpc) is 1.53. The van der Waals surface area contributed by atoms with Gasteiger partial charge in [0.2, 0.25) is 0 Å². The van der Waals surface area contributed by atoms with E-state index in [4.69, 9.17) is 14.9 Å². The number of carbonyl (C=O) groups excluding carboxylic acids is 1. The normalized spacial score (nSPS) is 9.83. The number of carbonyl (C=O) groups is 2. The van der Waals surface area contributed by atoms with E-state index in [1.165, 1.54) is 0 Å². The number of rotatable bonds is 3. The summed E-state index contributed by atoms with van der Waals surface area (Å²) in [5, 5.41) is 7.93. The van der Waals surface area contributed by atoms with Gasteiger partial charge in [0.1, 0.15) is 6.42 Å². The van der Waals surface area contributed by atoms with E-state index in [0.717, 1.165) is 0 Å². The van der Waals surface area contributed by atoms with Crippen molar-refractivity contribution in [3.8, 4) is 0 Å². The second-order valence-corrected chi connectivity index (χ2v) is 2.69. The number of carboxylic acid groups (broad SMARTS) is 1. The van der Waals surface area contributed by atoms with Gasteiger partial charge < -0.3 is 9.63 Å². The minimum absolute atomic E-state index is 0. The summed E-state index contributed by atoms with van der Waals surface area (Å²) in [4.78, 5) is 35.9. The second kappa shape index (κ2) is 5.35. The number of hydrogen-bond donors (Lipinski definition) is 3. The van der Waals surface area contributed by atoms with Gasteiger partial charge in [-0.05, 0) is 0 Å². The Labute approximate surface area is 79.1 Å². The summed E-state index contributed by atoms with van der Waals surface area (Å²) in [6, 6.07) is 0. The Bertz CT molecular complexity index is 219. The van der Waals surface area contributed by atoms with Gasteiger partial charge in [-0.25, -0.2) is 4.57 Å². The first-order chi connectivity index (χ1) is 4.81. The third-order valence-corrected chi connectivity index (χ3v) is 0.958. The molecule has 0 aromatic carbocycles. The summed E-state index contributed by atoms with van der Waals surface area (Å²) in [6.45, 7) is 0. The van der Waals surface area contributed by atoms with Crippen LogP contribution in [0.5, 0.6) is 0 Å². The van der Waals surface area contributed by atoms with E-state index in [9.17, 15) is 14.2 Å². The van der Waals surface area contributed by atoms with E-state index in [2.05, 4.69) is 4.52 Å². The summed E-state index contributed by atoms with van der Waals surface area (Å²) in [5.74, 6) is -2.98. The molecule has 0 spiro atoms. The van der Waals surface area contributed by atoms with Crippen LogP contribution in [0.4, 0.5) is 0 Å². The Morgan fingerprint density at radius 3 is 2.00 bits per heavy atom. The molecule has 66 valence electrons. The zero-order valence-corrected chi connectivity index (χ0v) is 6.02. The van der Waals surface area contributed by atoms with Crippen LogP contribution in [0.15, 0.2) is 0 Å². The van der Waals surface area contributed by atoms with Gasteiger partial charge >= 0.3 is 38.6 Å². The van der Waals surface area contributed by atoms with E-state index < -0.39 is 26.2 Å². The van der Waals surface area contributed by atoms with Crippen molar-refractivity contribution in [1.82, 2.24) is 0 Å². The molecule has 0 aliphatic rings. The molecule has 0 saturated carbocycles. The molecule has 0 aliphatic carbocycles. The van der Waals surface area contributed by atoms with Gasteiger partial charge in [0.15, 0.2) is 0 Å². The fraction of sp³-hybridized carbons (Fsp3) is 0.333. The standard InChI is InChI=1S/C3H5O7P.Li.H/c4-2(5)1-3(6)10-11(7,8)9;;/h1H2,(H,4,5)(H2,7,8,9);;. The van der Waals surface area contributed by atoms with Crippen LogP contribution >= 0.6 is 7.82 Å². The van der Waals surface area contributed by atoms with Crippen LogP contribution in [0.25, 0.3) is 0 Å². The van der Waals surface area contributed by atoms with Crippen molar-refractivity contribution in [1.29, 1.82) is 0 Å². The predicted molar refractivity (Wildman–Crippen MR) is 37.5 cm³/mol. The van der Waals surface area contributed by atoms with Crippen LogP contribution in [-0.2, 0) is 18.7 Å². The Morgan fingerprint density at radius 1 is 1.33 bits per heavy atom. The van der Waals surface area contributed by atoms with E-state index >= 15 is 0 Å². The monoisotopic (exact) mass is 192 g/mol. The summed E-state index contributed by atoms with van der Waals surface area (Å²) in [6.07, 6.45) is -1.06. The van der Waals surface area contributed by atoms with E-state index in [1.54, 1.807) is 0 Å². The fourth-order valence-electron chi connectivity index (χ4n) is 0.288. The predicted octanol–water partition coefficient (Wildman–Crippen LogP) is -1.55. The van der Waals surface area contributed by atoms with Gasteiger partial charge in [-0.3, -0.25) is 19.4 Å². The van der Waals surface area contributed by atoms with Crippen molar-refractivity contribution >= 4 is 38.6 Å². The molecule has 3 N–H and O–H groups in total. The Balaban J connectivity index is 0. The summed E-state index contributed by atoms with van der Waals surface area (Å²) in [7, 11) is -4.89. The molecule has 0 atom stereocenters. The van der Waals surface area contributed by atoms with Gasteiger partial charge in [-0.2, -0.15) is 0 Å². The van der Waals surface area contributed by atoms with Crippen molar-refractivity contribution in [2.24, 2.45) is 0 Å². The molecule has 7 nitrogen and oxygen atoms in total. The summed E-state index contributed by atoms with van der Waals surface area (Å²) in [5.41, 5.74) is 0. The molecule has 0 bridgehead atoms. The van der Waals surface area contributed by atoms with Crippen molar-refractivity contribution in [3.63, 3.8) is 0 Å².